The van der Waals surface area contributed by atoms with Crippen LogP contribution in [0.15, 0.2) is 63.0 Å². The van der Waals surface area contributed by atoms with Crippen molar-refractivity contribution in [2.45, 2.75) is 44.1 Å². The summed E-state index contributed by atoms with van der Waals surface area (Å²) in [4.78, 5) is 25.7. The molecule has 7 nitrogen and oxygen atoms in total. The fourth-order valence-corrected chi connectivity index (χ4v) is 3.92. The van der Waals surface area contributed by atoms with E-state index in [0.29, 0.717) is 18.2 Å². The lowest BCUT2D eigenvalue weighted by atomic mass is 10.1. The number of ether oxygens (including phenoxy) is 2. The number of hydrogen-bond acceptors (Lipinski definition) is 6. The second kappa shape index (κ2) is 9.74. The van der Waals surface area contributed by atoms with Gasteiger partial charge in [-0.1, -0.05) is 15.9 Å². The van der Waals surface area contributed by atoms with Crippen LogP contribution in [0.2, 0.25) is 0 Å². The number of halogens is 1. The Morgan fingerprint density at radius 2 is 1.90 bits per heavy atom. The molecular formula is C22H24BrN3O4S. The maximum Gasteiger partial charge on any atom is 0.351 e. The Balaban J connectivity index is 1.68. The molecule has 0 unspecified atom stereocenters. The molecule has 0 saturated heterocycles. The second-order valence-corrected chi connectivity index (χ2v) is 9.23. The Morgan fingerprint density at radius 3 is 2.55 bits per heavy atom. The Morgan fingerprint density at radius 1 is 1.19 bits per heavy atom. The minimum atomic E-state index is -1.08. The van der Waals surface area contributed by atoms with E-state index in [1.54, 1.807) is 20.8 Å². The predicted molar refractivity (Wildman–Crippen MR) is 124 cm³/mol. The Bertz CT molecular complexity index is 1120. The maximum absolute atomic E-state index is 12.6. The van der Waals surface area contributed by atoms with E-state index in [2.05, 4.69) is 21.0 Å². The highest BCUT2D eigenvalue weighted by atomic mass is 79.9. The van der Waals surface area contributed by atoms with Gasteiger partial charge in [0.1, 0.15) is 12.1 Å². The Labute approximate surface area is 193 Å². The zero-order chi connectivity index (χ0) is 22.6. The van der Waals surface area contributed by atoms with E-state index in [4.69, 9.17) is 9.47 Å². The molecule has 3 rings (SSSR count). The third-order valence-electron chi connectivity index (χ3n) is 4.47. The summed E-state index contributed by atoms with van der Waals surface area (Å²) >= 11 is 4.88. The summed E-state index contributed by atoms with van der Waals surface area (Å²) < 4.78 is 14.8. The first-order chi connectivity index (χ1) is 14.7. The van der Waals surface area contributed by atoms with Gasteiger partial charge in [0, 0.05) is 9.37 Å². The molecule has 3 aromatic rings. The van der Waals surface area contributed by atoms with Crippen LogP contribution in [0.1, 0.15) is 26.3 Å². The van der Waals surface area contributed by atoms with Gasteiger partial charge < -0.3 is 9.47 Å². The summed E-state index contributed by atoms with van der Waals surface area (Å²) in [5, 5.41) is 4.21. The van der Waals surface area contributed by atoms with E-state index >= 15 is 0 Å². The maximum atomic E-state index is 12.6. The standard InChI is InChI=1S/C22H24BrN3O4S/c1-5-29-20(27)22(3,4)30-19-11-10-18(12-15(19)2)31-14-26-21(28)25(13-24-26)17-8-6-16(23)7-9-17/h6-13H,5,14H2,1-4H3. The van der Waals surface area contributed by atoms with Gasteiger partial charge in [-0.2, -0.15) is 5.10 Å². The normalized spacial score (nSPS) is 11.4. The minimum absolute atomic E-state index is 0.206. The van der Waals surface area contributed by atoms with Gasteiger partial charge in [-0.3, -0.25) is 0 Å². The molecular weight excluding hydrogens is 482 g/mol. The van der Waals surface area contributed by atoms with Gasteiger partial charge in [0.2, 0.25) is 0 Å². The largest absolute Gasteiger partial charge is 0.476 e. The van der Waals surface area contributed by atoms with Crippen molar-refractivity contribution < 1.29 is 14.3 Å². The number of benzene rings is 2. The van der Waals surface area contributed by atoms with Crippen molar-refractivity contribution in [2.24, 2.45) is 0 Å². The topological polar surface area (TPSA) is 75.3 Å². The number of carbonyl (C=O) groups excluding carboxylic acids is 1. The number of thioether (sulfide) groups is 1. The summed E-state index contributed by atoms with van der Waals surface area (Å²) in [5.74, 6) is 0.573. The molecule has 0 amide bonds. The first-order valence-electron chi connectivity index (χ1n) is 9.71. The van der Waals surface area contributed by atoms with Crippen LogP contribution in [0.3, 0.4) is 0 Å². The summed E-state index contributed by atoms with van der Waals surface area (Å²) in [6.07, 6.45) is 1.52. The van der Waals surface area contributed by atoms with Gasteiger partial charge in [0.25, 0.3) is 0 Å². The van der Waals surface area contributed by atoms with Crippen LogP contribution in [-0.4, -0.2) is 32.5 Å². The summed E-state index contributed by atoms with van der Waals surface area (Å²) in [6, 6.07) is 13.1. The third-order valence-corrected chi connectivity index (χ3v) is 5.96. The monoisotopic (exact) mass is 505 g/mol. The van der Waals surface area contributed by atoms with Crippen LogP contribution in [0.5, 0.6) is 5.75 Å². The number of hydrogen-bond donors (Lipinski definition) is 0. The number of aromatic nitrogens is 3. The minimum Gasteiger partial charge on any atom is -0.476 e. The quantitative estimate of drug-likeness (QED) is 0.329. The number of nitrogens with zero attached hydrogens (tertiary/aromatic N) is 3. The van der Waals surface area contributed by atoms with Crippen LogP contribution < -0.4 is 10.4 Å². The highest BCUT2D eigenvalue weighted by Gasteiger charge is 2.32. The third kappa shape index (κ3) is 5.59. The van der Waals surface area contributed by atoms with Crippen molar-refractivity contribution in [3.05, 3.63) is 69.3 Å². The Kier molecular flexibility index (Phi) is 7.27. The van der Waals surface area contributed by atoms with E-state index in [1.807, 2.05) is 49.4 Å². The lowest BCUT2D eigenvalue weighted by Gasteiger charge is -2.25. The second-order valence-electron chi connectivity index (χ2n) is 7.29. The SMILES string of the molecule is CCOC(=O)C(C)(C)Oc1ccc(SCn2ncn(-c3ccc(Br)cc3)c2=O)cc1C. The molecule has 0 atom stereocenters. The molecule has 0 aliphatic rings. The predicted octanol–water partition coefficient (Wildman–Crippen LogP) is 4.58. The Hall–Kier alpha value is -2.52. The van der Waals surface area contributed by atoms with Crippen molar-refractivity contribution in [1.29, 1.82) is 0 Å². The molecule has 1 aromatic heterocycles. The molecule has 2 aromatic carbocycles. The molecule has 9 heteroatoms. The molecule has 0 bridgehead atoms. The van der Waals surface area contributed by atoms with Crippen molar-refractivity contribution >= 4 is 33.7 Å². The van der Waals surface area contributed by atoms with Gasteiger partial charge in [-0.25, -0.2) is 18.8 Å². The van der Waals surface area contributed by atoms with Gasteiger partial charge in [0.05, 0.1) is 18.2 Å². The average Bonchev–Trinajstić information content (AvgIpc) is 3.09. The molecule has 0 aliphatic carbocycles. The first kappa shape index (κ1) is 23.1. The number of aryl methyl sites for hydroxylation is 1. The van der Waals surface area contributed by atoms with E-state index < -0.39 is 11.6 Å². The summed E-state index contributed by atoms with van der Waals surface area (Å²) in [7, 11) is 0. The summed E-state index contributed by atoms with van der Waals surface area (Å²) in [6.45, 7) is 7.34. The van der Waals surface area contributed by atoms with E-state index in [9.17, 15) is 9.59 Å². The molecule has 164 valence electrons. The van der Waals surface area contributed by atoms with Gasteiger partial charge in [0.15, 0.2) is 5.60 Å². The van der Waals surface area contributed by atoms with Crippen LogP contribution in [0, 0.1) is 6.92 Å². The smallest absolute Gasteiger partial charge is 0.351 e. The molecule has 0 aliphatic heterocycles. The van der Waals surface area contributed by atoms with Crippen LogP contribution in [-0.2, 0) is 15.4 Å². The number of esters is 1. The van der Waals surface area contributed by atoms with Crippen molar-refractivity contribution in [3.63, 3.8) is 0 Å². The van der Waals surface area contributed by atoms with Crippen LogP contribution in [0.4, 0.5) is 0 Å². The van der Waals surface area contributed by atoms with E-state index in [1.165, 1.54) is 27.3 Å². The van der Waals surface area contributed by atoms with Crippen LogP contribution in [0.25, 0.3) is 5.69 Å². The first-order valence-corrected chi connectivity index (χ1v) is 11.5. The van der Waals surface area contributed by atoms with Gasteiger partial charge in [-0.05, 0) is 75.7 Å². The van der Waals surface area contributed by atoms with Gasteiger partial charge >= 0.3 is 11.7 Å². The average molecular weight is 506 g/mol. The highest BCUT2D eigenvalue weighted by molar-refractivity contribution is 9.10. The van der Waals surface area contributed by atoms with E-state index in [-0.39, 0.29) is 5.69 Å². The van der Waals surface area contributed by atoms with E-state index in [0.717, 1.165) is 20.6 Å². The number of carbonyl (C=O) groups is 1. The lowest BCUT2D eigenvalue weighted by molar-refractivity contribution is -0.158. The van der Waals surface area contributed by atoms with Crippen molar-refractivity contribution in [2.75, 3.05) is 6.61 Å². The lowest BCUT2D eigenvalue weighted by Crippen LogP contribution is -2.39. The molecule has 0 N–H and O–H groups in total. The molecule has 0 spiro atoms. The number of rotatable bonds is 8. The molecule has 0 saturated carbocycles. The molecule has 1 heterocycles. The molecule has 0 fully saturated rings. The molecule has 0 radical (unpaired) electrons. The van der Waals surface area contributed by atoms with Crippen molar-refractivity contribution in [3.8, 4) is 11.4 Å². The van der Waals surface area contributed by atoms with Crippen LogP contribution >= 0.6 is 27.7 Å². The molecule has 31 heavy (non-hydrogen) atoms. The highest BCUT2D eigenvalue weighted by Crippen LogP contribution is 2.29. The zero-order valence-electron chi connectivity index (χ0n) is 17.8. The summed E-state index contributed by atoms with van der Waals surface area (Å²) in [5.41, 5.74) is 0.353. The van der Waals surface area contributed by atoms with Gasteiger partial charge in [-0.15, -0.1) is 11.8 Å². The fourth-order valence-electron chi connectivity index (χ4n) is 2.79. The fraction of sp³-hybridized carbons (Fsp3) is 0.318. The van der Waals surface area contributed by atoms with Crippen molar-refractivity contribution in [1.82, 2.24) is 14.3 Å². The zero-order valence-corrected chi connectivity index (χ0v) is 20.2.